The van der Waals surface area contributed by atoms with Crippen molar-refractivity contribution in [2.45, 2.75) is 46.1 Å². The van der Waals surface area contributed by atoms with Crippen molar-refractivity contribution in [3.8, 4) is 0 Å². The number of nitrogens with zero attached hydrogens (tertiary/aromatic N) is 2. The average molecular weight is 321 g/mol. The van der Waals surface area contributed by atoms with Gasteiger partial charge in [0.1, 0.15) is 0 Å². The highest BCUT2D eigenvalue weighted by Gasteiger charge is 2.14. The Hall–Kier alpha value is -1.66. The molecular weight excluding hydrogens is 298 g/mol. The van der Waals surface area contributed by atoms with Gasteiger partial charge in [0.15, 0.2) is 0 Å². The number of hydrogen-bond donors (Lipinski definition) is 1. The summed E-state index contributed by atoms with van der Waals surface area (Å²) >= 11 is 0. The Balaban J connectivity index is 2.06. The molecule has 0 fully saturated rings. The zero-order valence-electron chi connectivity index (χ0n) is 13.8. The SMILES string of the molecule is Cc1ccc(S(=O)(=O)NCCn2nc(C)c(C)c2C)cc1C. The van der Waals surface area contributed by atoms with Crippen LogP contribution in [0.15, 0.2) is 23.1 Å². The molecule has 120 valence electrons. The molecule has 0 unspecified atom stereocenters. The lowest BCUT2D eigenvalue weighted by atomic mass is 10.1. The first-order valence-corrected chi connectivity index (χ1v) is 8.78. The van der Waals surface area contributed by atoms with E-state index in [-0.39, 0.29) is 0 Å². The van der Waals surface area contributed by atoms with Gasteiger partial charge in [-0.05, 0) is 63.4 Å². The number of nitrogens with one attached hydrogen (secondary N) is 1. The van der Waals surface area contributed by atoms with E-state index in [0.29, 0.717) is 18.0 Å². The molecule has 0 bridgehead atoms. The zero-order valence-corrected chi connectivity index (χ0v) is 14.6. The van der Waals surface area contributed by atoms with Gasteiger partial charge in [0.2, 0.25) is 10.0 Å². The predicted molar refractivity (Wildman–Crippen MR) is 87.5 cm³/mol. The molecule has 1 heterocycles. The van der Waals surface area contributed by atoms with Gasteiger partial charge in [0, 0.05) is 12.2 Å². The van der Waals surface area contributed by atoms with Crippen LogP contribution in [0.25, 0.3) is 0 Å². The molecule has 22 heavy (non-hydrogen) atoms. The van der Waals surface area contributed by atoms with Crippen molar-refractivity contribution in [2.24, 2.45) is 0 Å². The molecule has 0 aliphatic rings. The van der Waals surface area contributed by atoms with Crippen LogP contribution in [0.4, 0.5) is 0 Å². The topological polar surface area (TPSA) is 64.0 Å². The summed E-state index contributed by atoms with van der Waals surface area (Å²) in [7, 11) is -3.48. The van der Waals surface area contributed by atoms with Crippen LogP contribution in [0.1, 0.15) is 28.1 Å². The van der Waals surface area contributed by atoms with Gasteiger partial charge < -0.3 is 0 Å². The van der Waals surface area contributed by atoms with Crippen molar-refractivity contribution in [1.82, 2.24) is 14.5 Å². The van der Waals surface area contributed by atoms with Gasteiger partial charge in [-0.2, -0.15) is 5.10 Å². The highest BCUT2D eigenvalue weighted by molar-refractivity contribution is 7.89. The fraction of sp³-hybridized carbons (Fsp3) is 0.438. The summed E-state index contributed by atoms with van der Waals surface area (Å²) in [5.41, 5.74) is 5.25. The minimum atomic E-state index is -3.48. The molecule has 2 aromatic rings. The van der Waals surface area contributed by atoms with Crippen LogP contribution in [0, 0.1) is 34.6 Å². The van der Waals surface area contributed by atoms with Crippen LogP contribution >= 0.6 is 0 Å². The highest BCUT2D eigenvalue weighted by atomic mass is 32.2. The lowest BCUT2D eigenvalue weighted by molar-refractivity contribution is 0.554. The van der Waals surface area contributed by atoms with E-state index in [0.717, 1.165) is 28.1 Å². The molecule has 1 aromatic heterocycles. The van der Waals surface area contributed by atoms with Crippen LogP contribution in [0.3, 0.4) is 0 Å². The first kappa shape index (κ1) is 16.7. The quantitative estimate of drug-likeness (QED) is 0.920. The van der Waals surface area contributed by atoms with Crippen molar-refractivity contribution < 1.29 is 8.42 Å². The monoisotopic (exact) mass is 321 g/mol. The van der Waals surface area contributed by atoms with Crippen molar-refractivity contribution in [1.29, 1.82) is 0 Å². The van der Waals surface area contributed by atoms with Crippen LogP contribution in [-0.2, 0) is 16.6 Å². The predicted octanol–water partition coefficient (Wildman–Crippen LogP) is 2.40. The summed E-state index contributed by atoms with van der Waals surface area (Å²) in [4.78, 5) is 0.306. The third-order valence-electron chi connectivity index (χ3n) is 4.15. The van der Waals surface area contributed by atoms with Crippen LogP contribution in [-0.4, -0.2) is 24.7 Å². The first-order chi connectivity index (χ1) is 10.2. The minimum Gasteiger partial charge on any atom is -0.268 e. The van der Waals surface area contributed by atoms with Gasteiger partial charge in [-0.15, -0.1) is 0 Å². The molecule has 5 nitrogen and oxygen atoms in total. The van der Waals surface area contributed by atoms with E-state index in [1.165, 1.54) is 0 Å². The maximum atomic E-state index is 12.3. The summed E-state index contributed by atoms with van der Waals surface area (Å²) in [6.45, 7) is 10.7. The highest BCUT2D eigenvalue weighted by Crippen LogP contribution is 2.15. The van der Waals surface area contributed by atoms with Gasteiger partial charge in [-0.25, -0.2) is 13.1 Å². The zero-order chi connectivity index (χ0) is 16.5. The Labute approximate surface area is 132 Å². The second-order valence-corrected chi connectivity index (χ2v) is 7.43. The third kappa shape index (κ3) is 3.39. The number of benzene rings is 1. The third-order valence-corrected chi connectivity index (χ3v) is 5.61. The summed E-state index contributed by atoms with van der Waals surface area (Å²) in [6, 6.07) is 5.16. The first-order valence-electron chi connectivity index (χ1n) is 7.30. The Morgan fingerprint density at radius 2 is 1.77 bits per heavy atom. The molecule has 2 rings (SSSR count). The van der Waals surface area contributed by atoms with E-state index in [1.807, 2.05) is 45.4 Å². The number of sulfonamides is 1. The second kappa shape index (κ2) is 6.22. The van der Waals surface area contributed by atoms with E-state index in [4.69, 9.17) is 0 Å². The van der Waals surface area contributed by atoms with Crippen molar-refractivity contribution in [3.63, 3.8) is 0 Å². The molecule has 1 aromatic carbocycles. The molecular formula is C16H23N3O2S. The lowest BCUT2D eigenvalue weighted by Crippen LogP contribution is -2.28. The van der Waals surface area contributed by atoms with E-state index in [2.05, 4.69) is 9.82 Å². The summed E-state index contributed by atoms with van der Waals surface area (Å²) in [6.07, 6.45) is 0. The number of aromatic nitrogens is 2. The number of hydrogen-bond acceptors (Lipinski definition) is 3. The van der Waals surface area contributed by atoms with Gasteiger partial charge in [-0.1, -0.05) is 6.07 Å². The average Bonchev–Trinajstić information content (AvgIpc) is 2.69. The molecule has 0 aliphatic heterocycles. The van der Waals surface area contributed by atoms with E-state index < -0.39 is 10.0 Å². The second-order valence-electron chi connectivity index (χ2n) is 5.66. The molecule has 0 saturated heterocycles. The van der Waals surface area contributed by atoms with Crippen LogP contribution in [0.2, 0.25) is 0 Å². The molecule has 0 amide bonds. The van der Waals surface area contributed by atoms with Crippen molar-refractivity contribution in [2.75, 3.05) is 6.54 Å². The van der Waals surface area contributed by atoms with Gasteiger partial charge in [-0.3, -0.25) is 4.68 Å². The minimum absolute atomic E-state index is 0.306. The van der Waals surface area contributed by atoms with Gasteiger partial charge in [0.05, 0.1) is 17.1 Å². The molecule has 0 radical (unpaired) electrons. The molecule has 0 atom stereocenters. The van der Waals surface area contributed by atoms with Crippen LogP contribution in [0.5, 0.6) is 0 Å². The maximum absolute atomic E-state index is 12.3. The van der Waals surface area contributed by atoms with E-state index in [1.54, 1.807) is 12.1 Å². The molecule has 0 aliphatic carbocycles. The molecule has 0 spiro atoms. The fourth-order valence-corrected chi connectivity index (χ4v) is 3.36. The normalized spacial score (nSPS) is 11.9. The standard InChI is InChI=1S/C16H23N3O2S/c1-11-6-7-16(10-12(11)2)22(20,21)17-8-9-19-15(5)13(3)14(4)18-19/h6-7,10,17H,8-9H2,1-5H3. The fourth-order valence-electron chi connectivity index (χ4n) is 2.25. The smallest absolute Gasteiger partial charge is 0.240 e. The Bertz CT molecular complexity index is 792. The van der Waals surface area contributed by atoms with Crippen LogP contribution < -0.4 is 4.72 Å². The van der Waals surface area contributed by atoms with Gasteiger partial charge in [0.25, 0.3) is 0 Å². The molecule has 6 heteroatoms. The summed E-state index contributed by atoms with van der Waals surface area (Å²) in [5, 5.41) is 4.41. The van der Waals surface area contributed by atoms with E-state index >= 15 is 0 Å². The van der Waals surface area contributed by atoms with Crippen molar-refractivity contribution >= 4 is 10.0 Å². The summed E-state index contributed by atoms with van der Waals surface area (Å²) in [5.74, 6) is 0. The largest absolute Gasteiger partial charge is 0.268 e. The summed E-state index contributed by atoms with van der Waals surface area (Å²) < 4.78 is 29.1. The Kier molecular flexibility index (Phi) is 4.72. The Morgan fingerprint density at radius 1 is 1.09 bits per heavy atom. The molecule has 0 saturated carbocycles. The Morgan fingerprint density at radius 3 is 2.32 bits per heavy atom. The maximum Gasteiger partial charge on any atom is 0.240 e. The molecule has 1 N–H and O–H groups in total. The number of aryl methyl sites for hydroxylation is 3. The number of rotatable bonds is 5. The van der Waals surface area contributed by atoms with Crippen molar-refractivity contribution in [3.05, 3.63) is 46.3 Å². The lowest BCUT2D eigenvalue weighted by Gasteiger charge is -2.09. The van der Waals surface area contributed by atoms with Gasteiger partial charge >= 0.3 is 0 Å². The van der Waals surface area contributed by atoms with E-state index in [9.17, 15) is 8.42 Å².